The quantitative estimate of drug-likeness (QED) is 0.417. The number of aliphatic hydroxyl groups is 1. The van der Waals surface area contributed by atoms with Crippen molar-refractivity contribution in [2.75, 3.05) is 6.54 Å². The van der Waals surface area contributed by atoms with Crippen molar-refractivity contribution >= 4 is 5.96 Å². The Bertz CT molecular complexity index is 290. The third-order valence-corrected chi connectivity index (χ3v) is 4.54. The number of aliphatic imine (C=N–C) groups is 1. The minimum absolute atomic E-state index is 0.457. The number of hydrogen-bond donors (Lipinski definition) is 3. The molecule has 0 aromatic carbocycles. The molecular formula is C15H29N3O. The van der Waals surface area contributed by atoms with Crippen LogP contribution in [0.2, 0.25) is 0 Å². The Labute approximate surface area is 116 Å². The Morgan fingerprint density at radius 1 is 1.05 bits per heavy atom. The number of guanidine groups is 1. The summed E-state index contributed by atoms with van der Waals surface area (Å²) in [6, 6.07) is 0.479. The van der Waals surface area contributed by atoms with Crippen LogP contribution in [-0.2, 0) is 0 Å². The zero-order valence-corrected chi connectivity index (χ0v) is 12.0. The second-order valence-corrected chi connectivity index (χ2v) is 6.32. The zero-order chi connectivity index (χ0) is 13.6. The molecular weight excluding hydrogens is 238 g/mol. The molecule has 0 aromatic heterocycles. The van der Waals surface area contributed by atoms with E-state index in [1.54, 1.807) is 0 Å². The van der Waals surface area contributed by atoms with Gasteiger partial charge in [-0.2, -0.15) is 0 Å². The average molecular weight is 267 g/mol. The lowest BCUT2D eigenvalue weighted by Crippen LogP contribution is -2.42. The number of nitrogens with one attached hydrogen (secondary N) is 1. The maximum Gasteiger partial charge on any atom is 0.188 e. The summed E-state index contributed by atoms with van der Waals surface area (Å²) in [7, 11) is 0. The summed E-state index contributed by atoms with van der Waals surface area (Å²) in [5.41, 5.74) is 5.36. The van der Waals surface area contributed by atoms with Crippen LogP contribution in [0.3, 0.4) is 0 Å². The van der Waals surface area contributed by atoms with Gasteiger partial charge < -0.3 is 16.2 Å². The molecule has 19 heavy (non-hydrogen) atoms. The minimum Gasteiger partial charge on any atom is -0.388 e. The fourth-order valence-electron chi connectivity index (χ4n) is 3.28. The molecule has 0 spiro atoms. The van der Waals surface area contributed by atoms with Crippen LogP contribution in [-0.4, -0.2) is 29.3 Å². The summed E-state index contributed by atoms with van der Waals surface area (Å²) in [4.78, 5) is 4.38. The molecule has 0 bridgehead atoms. The molecule has 0 radical (unpaired) electrons. The first kappa shape index (κ1) is 14.6. The normalized spacial score (nSPS) is 25.8. The number of rotatable bonds is 3. The van der Waals surface area contributed by atoms with Gasteiger partial charge in [-0.1, -0.05) is 44.9 Å². The summed E-state index contributed by atoms with van der Waals surface area (Å²) in [6.07, 6.45) is 12.8. The van der Waals surface area contributed by atoms with Crippen molar-refractivity contribution in [2.45, 2.75) is 82.3 Å². The summed E-state index contributed by atoms with van der Waals surface area (Å²) in [5, 5.41) is 13.7. The van der Waals surface area contributed by atoms with Crippen LogP contribution in [0.15, 0.2) is 4.99 Å². The van der Waals surface area contributed by atoms with Crippen LogP contribution in [0.4, 0.5) is 0 Å². The van der Waals surface area contributed by atoms with Crippen LogP contribution < -0.4 is 11.1 Å². The van der Waals surface area contributed by atoms with E-state index in [-0.39, 0.29) is 0 Å². The topological polar surface area (TPSA) is 70.6 Å². The molecule has 4 heteroatoms. The van der Waals surface area contributed by atoms with Crippen LogP contribution in [0, 0.1) is 0 Å². The van der Waals surface area contributed by atoms with Gasteiger partial charge in [0.05, 0.1) is 12.1 Å². The predicted octanol–water partition coefficient (Wildman–Crippen LogP) is 2.31. The maximum atomic E-state index is 10.4. The smallest absolute Gasteiger partial charge is 0.188 e. The molecule has 2 aliphatic carbocycles. The van der Waals surface area contributed by atoms with E-state index in [9.17, 15) is 5.11 Å². The van der Waals surface area contributed by atoms with Gasteiger partial charge in [0.25, 0.3) is 0 Å². The molecule has 2 rings (SSSR count). The molecule has 0 heterocycles. The highest BCUT2D eigenvalue weighted by molar-refractivity contribution is 5.78. The molecule has 0 atom stereocenters. The van der Waals surface area contributed by atoms with E-state index in [0.717, 1.165) is 25.7 Å². The Hall–Kier alpha value is -0.770. The van der Waals surface area contributed by atoms with Crippen molar-refractivity contribution in [2.24, 2.45) is 10.7 Å². The third kappa shape index (κ3) is 5.01. The first-order valence-electron chi connectivity index (χ1n) is 7.97. The highest BCUT2D eigenvalue weighted by Gasteiger charge is 2.28. The Morgan fingerprint density at radius 3 is 2.26 bits per heavy atom. The number of nitrogens with zero attached hydrogens (tertiary/aromatic N) is 1. The molecule has 0 aromatic rings. The standard InChI is InChI=1S/C15H29N3O/c16-14(18-13-8-4-1-2-5-9-13)17-12-15(19)10-6-3-7-11-15/h13,19H,1-12H2,(H3,16,17,18). The van der Waals surface area contributed by atoms with Gasteiger partial charge in [-0.25, -0.2) is 0 Å². The van der Waals surface area contributed by atoms with Crippen molar-refractivity contribution in [1.82, 2.24) is 5.32 Å². The number of nitrogens with two attached hydrogens (primary N) is 1. The molecule has 0 amide bonds. The molecule has 0 aliphatic heterocycles. The van der Waals surface area contributed by atoms with Gasteiger partial charge in [0, 0.05) is 6.04 Å². The van der Waals surface area contributed by atoms with Crippen molar-refractivity contribution in [3.8, 4) is 0 Å². The molecule has 0 saturated heterocycles. The second-order valence-electron chi connectivity index (χ2n) is 6.32. The molecule has 4 N–H and O–H groups in total. The van der Waals surface area contributed by atoms with Crippen molar-refractivity contribution in [1.29, 1.82) is 0 Å². The van der Waals surface area contributed by atoms with Crippen LogP contribution in [0.5, 0.6) is 0 Å². The van der Waals surface area contributed by atoms with E-state index >= 15 is 0 Å². The minimum atomic E-state index is -0.603. The van der Waals surface area contributed by atoms with Gasteiger partial charge >= 0.3 is 0 Å². The van der Waals surface area contributed by atoms with Gasteiger partial charge in [-0.05, 0) is 25.7 Å². The third-order valence-electron chi connectivity index (χ3n) is 4.54. The lowest BCUT2D eigenvalue weighted by molar-refractivity contribution is 0.0132. The lowest BCUT2D eigenvalue weighted by Gasteiger charge is -2.30. The SMILES string of the molecule is NC(=NCC1(O)CCCCC1)NC1CCCCCC1. The summed E-state index contributed by atoms with van der Waals surface area (Å²) >= 11 is 0. The van der Waals surface area contributed by atoms with Gasteiger partial charge in [-0.15, -0.1) is 0 Å². The monoisotopic (exact) mass is 267 g/mol. The molecule has 0 unspecified atom stereocenters. The van der Waals surface area contributed by atoms with E-state index in [1.807, 2.05) is 0 Å². The highest BCUT2D eigenvalue weighted by Crippen LogP contribution is 2.28. The van der Waals surface area contributed by atoms with Crippen molar-refractivity contribution in [3.05, 3.63) is 0 Å². The molecule has 4 nitrogen and oxygen atoms in total. The predicted molar refractivity (Wildman–Crippen MR) is 79.1 cm³/mol. The van der Waals surface area contributed by atoms with Gasteiger partial charge in [0.2, 0.25) is 0 Å². The van der Waals surface area contributed by atoms with Gasteiger partial charge in [-0.3, -0.25) is 4.99 Å². The zero-order valence-electron chi connectivity index (χ0n) is 12.0. The first-order chi connectivity index (χ1) is 9.18. The number of hydrogen-bond acceptors (Lipinski definition) is 2. The Balaban J connectivity index is 1.77. The molecule has 110 valence electrons. The van der Waals surface area contributed by atoms with E-state index in [2.05, 4.69) is 10.3 Å². The van der Waals surface area contributed by atoms with Crippen molar-refractivity contribution < 1.29 is 5.11 Å². The van der Waals surface area contributed by atoms with E-state index in [1.165, 1.54) is 44.9 Å². The van der Waals surface area contributed by atoms with Crippen molar-refractivity contribution in [3.63, 3.8) is 0 Å². The largest absolute Gasteiger partial charge is 0.388 e. The maximum absolute atomic E-state index is 10.4. The lowest BCUT2D eigenvalue weighted by atomic mass is 9.85. The highest BCUT2D eigenvalue weighted by atomic mass is 16.3. The van der Waals surface area contributed by atoms with E-state index < -0.39 is 5.60 Å². The summed E-state index contributed by atoms with van der Waals surface area (Å²) in [5.74, 6) is 0.519. The molecule has 2 aliphatic rings. The first-order valence-corrected chi connectivity index (χ1v) is 7.97. The van der Waals surface area contributed by atoms with Crippen LogP contribution in [0.1, 0.15) is 70.6 Å². The van der Waals surface area contributed by atoms with Crippen LogP contribution in [0.25, 0.3) is 0 Å². The molecule has 2 fully saturated rings. The van der Waals surface area contributed by atoms with E-state index in [0.29, 0.717) is 18.5 Å². The fraction of sp³-hybridized carbons (Fsp3) is 0.933. The summed E-state index contributed by atoms with van der Waals surface area (Å²) in [6.45, 7) is 0.457. The average Bonchev–Trinajstić information content (AvgIpc) is 2.66. The molecule has 2 saturated carbocycles. The summed E-state index contributed by atoms with van der Waals surface area (Å²) < 4.78 is 0. The van der Waals surface area contributed by atoms with E-state index in [4.69, 9.17) is 5.73 Å². The van der Waals surface area contributed by atoms with Gasteiger partial charge in [0.15, 0.2) is 5.96 Å². The second kappa shape index (κ2) is 7.13. The fourth-order valence-corrected chi connectivity index (χ4v) is 3.28. The van der Waals surface area contributed by atoms with Crippen LogP contribution >= 0.6 is 0 Å². The Kier molecular flexibility index (Phi) is 5.49. The Morgan fingerprint density at radius 2 is 1.63 bits per heavy atom. The van der Waals surface area contributed by atoms with Gasteiger partial charge in [0.1, 0.15) is 0 Å².